The van der Waals surface area contributed by atoms with Crippen LogP contribution < -0.4 is 0 Å². The van der Waals surface area contributed by atoms with Gasteiger partial charge >= 0.3 is 6.18 Å². The Morgan fingerprint density at radius 3 is 1.94 bits per heavy atom. The first-order chi connectivity index (χ1) is 8.30. The van der Waals surface area contributed by atoms with E-state index >= 15 is 0 Å². The molecule has 0 heterocycles. The summed E-state index contributed by atoms with van der Waals surface area (Å²) in [6.45, 7) is 0. The summed E-state index contributed by atoms with van der Waals surface area (Å²) in [4.78, 5) is 10.9. The summed E-state index contributed by atoms with van der Waals surface area (Å²) < 4.78 is 63.3. The number of carbonyl (C=O) groups is 1. The quantitative estimate of drug-likeness (QED) is 0.583. The van der Waals surface area contributed by atoms with Crippen LogP contribution in [-0.4, -0.2) is 12.0 Å². The van der Waals surface area contributed by atoms with Crippen molar-refractivity contribution in [3.63, 3.8) is 0 Å². The summed E-state index contributed by atoms with van der Waals surface area (Å²) in [5.74, 6) is -5.40. The van der Waals surface area contributed by atoms with Crippen LogP contribution in [0.2, 0.25) is 0 Å². The Hall–Kier alpha value is -1.46. The zero-order valence-electron chi connectivity index (χ0n) is 9.15. The molecule has 98 valence electrons. The van der Waals surface area contributed by atoms with Gasteiger partial charge in [-0.25, -0.2) is 8.78 Å². The molecule has 0 aliphatic heterocycles. The molecule has 1 aliphatic carbocycles. The molecule has 1 aliphatic rings. The highest BCUT2D eigenvalue weighted by atomic mass is 19.4. The van der Waals surface area contributed by atoms with Crippen molar-refractivity contribution in [1.29, 1.82) is 0 Å². The summed E-state index contributed by atoms with van der Waals surface area (Å²) in [6.07, 6.45) is -2.84. The Labute approximate surface area is 99.6 Å². The molecule has 18 heavy (non-hydrogen) atoms. The van der Waals surface area contributed by atoms with Gasteiger partial charge in [0.15, 0.2) is 0 Å². The van der Waals surface area contributed by atoms with Crippen LogP contribution in [0.1, 0.15) is 41.1 Å². The third-order valence-corrected chi connectivity index (χ3v) is 3.13. The average molecular weight is 264 g/mol. The second-order valence-electron chi connectivity index (χ2n) is 4.31. The molecule has 0 saturated heterocycles. The van der Waals surface area contributed by atoms with Crippen molar-refractivity contribution in [3.8, 4) is 0 Å². The van der Waals surface area contributed by atoms with Crippen LogP contribution in [-0.2, 0) is 0 Å². The van der Waals surface area contributed by atoms with E-state index in [0.29, 0.717) is 5.56 Å². The van der Waals surface area contributed by atoms with E-state index in [0.717, 1.165) is 31.4 Å². The minimum Gasteiger partial charge on any atom is -0.284 e. The molecule has 0 N–H and O–H groups in total. The van der Waals surface area contributed by atoms with E-state index in [2.05, 4.69) is 0 Å². The Kier molecular flexibility index (Phi) is 3.12. The molecule has 2 rings (SSSR count). The molecule has 6 heteroatoms. The predicted molar refractivity (Wildman–Crippen MR) is 53.3 cm³/mol. The number of ketones is 1. The minimum atomic E-state index is -5.28. The molecule has 0 spiro atoms. The average Bonchev–Trinajstić information content (AvgIpc) is 2.11. The van der Waals surface area contributed by atoms with Crippen molar-refractivity contribution in [1.82, 2.24) is 0 Å². The van der Waals surface area contributed by atoms with E-state index in [1.807, 2.05) is 0 Å². The van der Waals surface area contributed by atoms with Crippen molar-refractivity contribution < 1.29 is 26.7 Å². The van der Waals surface area contributed by atoms with Crippen LogP contribution in [0.5, 0.6) is 0 Å². The fraction of sp³-hybridized carbons (Fsp3) is 0.417. The number of halogens is 5. The smallest absolute Gasteiger partial charge is 0.284 e. The van der Waals surface area contributed by atoms with Crippen molar-refractivity contribution in [2.75, 3.05) is 0 Å². The van der Waals surface area contributed by atoms with E-state index in [1.165, 1.54) is 0 Å². The SMILES string of the molecule is O=C(c1c(F)cc(C2CCC2)cc1F)C(F)(F)F. The molecule has 1 saturated carbocycles. The number of carbonyl (C=O) groups excluding carboxylic acids is 1. The Balaban J connectivity index is 2.41. The fourth-order valence-electron chi connectivity index (χ4n) is 1.93. The summed E-state index contributed by atoms with van der Waals surface area (Å²) in [5, 5.41) is 0. The van der Waals surface area contributed by atoms with Gasteiger partial charge in [-0.05, 0) is 36.5 Å². The van der Waals surface area contributed by atoms with E-state index in [9.17, 15) is 26.7 Å². The van der Waals surface area contributed by atoms with Gasteiger partial charge in [0.2, 0.25) is 0 Å². The normalized spacial score (nSPS) is 16.5. The van der Waals surface area contributed by atoms with Gasteiger partial charge in [0.1, 0.15) is 11.6 Å². The largest absolute Gasteiger partial charge is 0.455 e. The van der Waals surface area contributed by atoms with Crippen molar-refractivity contribution >= 4 is 5.78 Å². The molecule has 0 atom stereocenters. The third kappa shape index (κ3) is 2.23. The van der Waals surface area contributed by atoms with Crippen LogP contribution in [0.15, 0.2) is 12.1 Å². The van der Waals surface area contributed by atoms with Gasteiger partial charge in [0.05, 0.1) is 5.56 Å². The van der Waals surface area contributed by atoms with E-state index in [-0.39, 0.29) is 5.92 Å². The lowest BCUT2D eigenvalue weighted by Crippen LogP contribution is -2.25. The van der Waals surface area contributed by atoms with Gasteiger partial charge in [-0.1, -0.05) is 6.42 Å². The van der Waals surface area contributed by atoms with Gasteiger partial charge in [0.25, 0.3) is 5.78 Å². The standard InChI is InChI=1S/C12H9F5O/c13-8-4-7(6-2-1-3-6)5-9(14)10(8)11(18)12(15,16)17/h4-6H,1-3H2. The number of rotatable bonds is 2. The molecule has 0 bridgehead atoms. The van der Waals surface area contributed by atoms with Crippen LogP contribution in [0.3, 0.4) is 0 Å². The number of benzene rings is 1. The molecule has 1 aromatic carbocycles. The second kappa shape index (κ2) is 4.33. The highest BCUT2D eigenvalue weighted by Crippen LogP contribution is 2.38. The first-order valence-electron chi connectivity index (χ1n) is 5.41. The van der Waals surface area contributed by atoms with Crippen molar-refractivity contribution in [3.05, 3.63) is 34.9 Å². The van der Waals surface area contributed by atoms with Crippen LogP contribution >= 0.6 is 0 Å². The second-order valence-corrected chi connectivity index (χ2v) is 4.31. The van der Waals surface area contributed by atoms with E-state index in [1.54, 1.807) is 0 Å². The Bertz CT molecular complexity index is 465. The summed E-state index contributed by atoms with van der Waals surface area (Å²) >= 11 is 0. The van der Waals surface area contributed by atoms with Gasteiger partial charge in [0, 0.05) is 0 Å². The molecule has 0 radical (unpaired) electrons. The van der Waals surface area contributed by atoms with E-state index < -0.39 is 29.2 Å². The summed E-state index contributed by atoms with van der Waals surface area (Å²) in [6, 6.07) is 1.65. The van der Waals surface area contributed by atoms with Gasteiger partial charge in [-0.3, -0.25) is 4.79 Å². The number of Topliss-reactive ketones (excluding diaryl/α,β-unsaturated/α-hetero) is 1. The zero-order chi connectivity index (χ0) is 13.5. The lowest BCUT2D eigenvalue weighted by Gasteiger charge is -2.26. The van der Waals surface area contributed by atoms with Gasteiger partial charge in [-0.15, -0.1) is 0 Å². The van der Waals surface area contributed by atoms with Gasteiger partial charge in [-0.2, -0.15) is 13.2 Å². The third-order valence-electron chi connectivity index (χ3n) is 3.13. The zero-order valence-corrected chi connectivity index (χ0v) is 9.15. The molecule has 0 amide bonds. The highest BCUT2D eigenvalue weighted by molar-refractivity contribution is 6.00. The van der Waals surface area contributed by atoms with Crippen molar-refractivity contribution in [2.24, 2.45) is 0 Å². The maximum absolute atomic E-state index is 13.5. The topological polar surface area (TPSA) is 17.1 Å². The van der Waals surface area contributed by atoms with Crippen LogP contribution in [0.4, 0.5) is 22.0 Å². The maximum atomic E-state index is 13.5. The predicted octanol–water partition coefficient (Wildman–Crippen LogP) is 3.98. The summed E-state index contributed by atoms with van der Waals surface area (Å²) in [5.41, 5.74) is -1.21. The number of alkyl halides is 3. The lowest BCUT2D eigenvalue weighted by molar-refractivity contribution is -0.0890. The molecule has 0 aromatic heterocycles. The highest BCUT2D eigenvalue weighted by Gasteiger charge is 2.42. The first kappa shape index (κ1) is 13.0. The Morgan fingerprint density at radius 1 is 1.11 bits per heavy atom. The fourth-order valence-corrected chi connectivity index (χ4v) is 1.93. The minimum absolute atomic E-state index is 0.0240. The molecule has 0 unspecified atom stereocenters. The van der Waals surface area contributed by atoms with Gasteiger partial charge < -0.3 is 0 Å². The van der Waals surface area contributed by atoms with Crippen molar-refractivity contribution in [2.45, 2.75) is 31.4 Å². The summed E-state index contributed by atoms with van der Waals surface area (Å²) in [7, 11) is 0. The molecule has 1 aromatic rings. The van der Waals surface area contributed by atoms with Crippen LogP contribution in [0, 0.1) is 11.6 Å². The molecule has 1 nitrogen and oxygen atoms in total. The van der Waals surface area contributed by atoms with Crippen LogP contribution in [0.25, 0.3) is 0 Å². The first-order valence-corrected chi connectivity index (χ1v) is 5.41. The monoisotopic (exact) mass is 264 g/mol. The Morgan fingerprint density at radius 2 is 1.61 bits per heavy atom. The number of hydrogen-bond donors (Lipinski definition) is 0. The molecule has 1 fully saturated rings. The molecular formula is C12H9F5O. The maximum Gasteiger partial charge on any atom is 0.455 e. The lowest BCUT2D eigenvalue weighted by atomic mass is 9.79. The molecular weight excluding hydrogens is 255 g/mol. The van der Waals surface area contributed by atoms with E-state index in [4.69, 9.17) is 0 Å². The number of hydrogen-bond acceptors (Lipinski definition) is 1.